The van der Waals surface area contributed by atoms with E-state index >= 15 is 0 Å². The molecule has 1 amide bonds. The number of ether oxygens (including phenoxy) is 2. The summed E-state index contributed by atoms with van der Waals surface area (Å²) in [7, 11) is 1.50. The highest BCUT2D eigenvalue weighted by Crippen LogP contribution is 2.23. The average molecular weight is 269 g/mol. The molecule has 0 aromatic heterocycles. The average Bonchev–Trinajstić information content (AvgIpc) is 2.38. The predicted octanol–water partition coefficient (Wildman–Crippen LogP) is 0.285. The van der Waals surface area contributed by atoms with Crippen molar-refractivity contribution in [2.45, 2.75) is 12.5 Å². The lowest BCUT2D eigenvalue weighted by molar-refractivity contribution is -0.123. The van der Waals surface area contributed by atoms with Crippen LogP contribution in [-0.4, -0.2) is 49.1 Å². The maximum absolute atomic E-state index is 11.4. The number of aliphatic hydroxyl groups excluding tert-OH is 1. The molecule has 0 saturated carbocycles. The van der Waals surface area contributed by atoms with Gasteiger partial charge in [-0.05, 0) is 18.6 Å². The highest BCUT2D eigenvalue weighted by molar-refractivity contribution is 5.77. The predicted molar refractivity (Wildman–Crippen MR) is 69.1 cm³/mol. The molecular formula is C13H19NO5. The molecule has 106 valence electrons. The van der Waals surface area contributed by atoms with E-state index in [-0.39, 0.29) is 30.6 Å². The summed E-state index contributed by atoms with van der Waals surface area (Å²) in [5.74, 6) is -0.0595. The van der Waals surface area contributed by atoms with Crippen molar-refractivity contribution in [2.24, 2.45) is 0 Å². The first-order chi connectivity index (χ1) is 9.13. The Hall–Kier alpha value is -1.79. The van der Waals surface area contributed by atoms with E-state index in [4.69, 9.17) is 9.47 Å². The third-order valence-corrected chi connectivity index (χ3v) is 2.38. The van der Waals surface area contributed by atoms with Crippen molar-refractivity contribution >= 4 is 5.91 Å². The van der Waals surface area contributed by atoms with E-state index in [1.165, 1.54) is 13.2 Å². The summed E-state index contributed by atoms with van der Waals surface area (Å²) in [5, 5.41) is 21.4. The number of aliphatic hydroxyl groups is 1. The second-order valence-corrected chi connectivity index (χ2v) is 4.00. The number of benzene rings is 1. The molecule has 0 saturated heterocycles. The number of carbonyl (C=O) groups excluding carboxylic acids is 1. The fourth-order valence-electron chi connectivity index (χ4n) is 1.43. The molecule has 0 heterocycles. The molecule has 0 aliphatic rings. The SMILES string of the molecule is COCC(O)CCNC(=O)COc1ccccc1O. The maximum Gasteiger partial charge on any atom is 0.257 e. The summed E-state index contributed by atoms with van der Waals surface area (Å²) in [6, 6.07) is 6.42. The van der Waals surface area contributed by atoms with Crippen LogP contribution in [0.3, 0.4) is 0 Å². The van der Waals surface area contributed by atoms with Crippen molar-refractivity contribution in [3.05, 3.63) is 24.3 Å². The summed E-state index contributed by atoms with van der Waals surface area (Å²) >= 11 is 0. The normalized spacial score (nSPS) is 11.9. The summed E-state index contributed by atoms with van der Waals surface area (Å²) in [6.07, 6.45) is -0.180. The van der Waals surface area contributed by atoms with Crippen molar-refractivity contribution in [3.63, 3.8) is 0 Å². The van der Waals surface area contributed by atoms with Crippen molar-refractivity contribution in [3.8, 4) is 11.5 Å². The fraction of sp³-hybridized carbons (Fsp3) is 0.462. The zero-order chi connectivity index (χ0) is 14.1. The Morgan fingerprint density at radius 2 is 2.16 bits per heavy atom. The Morgan fingerprint density at radius 3 is 2.84 bits per heavy atom. The number of rotatable bonds is 8. The zero-order valence-electron chi connectivity index (χ0n) is 10.8. The minimum atomic E-state index is -0.593. The summed E-state index contributed by atoms with van der Waals surface area (Å²) < 4.78 is 9.92. The smallest absolute Gasteiger partial charge is 0.257 e. The molecule has 1 aromatic rings. The van der Waals surface area contributed by atoms with Crippen LogP contribution in [0.4, 0.5) is 0 Å². The van der Waals surface area contributed by atoms with Gasteiger partial charge < -0.3 is 25.0 Å². The van der Waals surface area contributed by atoms with E-state index < -0.39 is 6.10 Å². The molecule has 0 fully saturated rings. The fourth-order valence-corrected chi connectivity index (χ4v) is 1.43. The monoisotopic (exact) mass is 269 g/mol. The number of para-hydroxylation sites is 2. The summed E-state index contributed by atoms with van der Waals surface area (Å²) in [5.41, 5.74) is 0. The number of methoxy groups -OCH3 is 1. The molecular weight excluding hydrogens is 250 g/mol. The van der Waals surface area contributed by atoms with Crippen LogP contribution in [0.2, 0.25) is 0 Å². The Bertz CT molecular complexity index is 396. The molecule has 6 nitrogen and oxygen atoms in total. The first-order valence-electron chi connectivity index (χ1n) is 5.98. The molecule has 0 spiro atoms. The standard InChI is InChI=1S/C13H19NO5/c1-18-8-10(15)6-7-14-13(17)9-19-12-5-3-2-4-11(12)16/h2-5,10,15-16H,6-9H2,1H3,(H,14,17). The van der Waals surface area contributed by atoms with E-state index in [9.17, 15) is 15.0 Å². The van der Waals surface area contributed by atoms with Gasteiger partial charge in [-0.25, -0.2) is 0 Å². The van der Waals surface area contributed by atoms with Gasteiger partial charge in [-0.15, -0.1) is 0 Å². The lowest BCUT2D eigenvalue weighted by Gasteiger charge is -2.11. The van der Waals surface area contributed by atoms with Gasteiger partial charge in [-0.3, -0.25) is 4.79 Å². The van der Waals surface area contributed by atoms with Crippen LogP contribution in [0.25, 0.3) is 0 Å². The van der Waals surface area contributed by atoms with Crippen LogP contribution in [0.15, 0.2) is 24.3 Å². The van der Waals surface area contributed by atoms with E-state index in [0.717, 1.165) is 0 Å². The van der Waals surface area contributed by atoms with E-state index in [1.54, 1.807) is 18.2 Å². The minimum Gasteiger partial charge on any atom is -0.504 e. The largest absolute Gasteiger partial charge is 0.504 e. The van der Waals surface area contributed by atoms with Gasteiger partial charge in [0, 0.05) is 13.7 Å². The molecule has 6 heteroatoms. The quantitative estimate of drug-likeness (QED) is 0.631. The Kier molecular flexibility index (Phi) is 6.70. The summed E-state index contributed by atoms with van der Waals surface area (Å²) in [6.45, 7) is 0.399. The Balaban J connectivity index is 2.20. The highest BCUT2D eigenvalue weighted by atomic mass is 16.5. The van der Waals surface area contributed by atoms with Crippen LogP contribution in [0.1, 0.15) is 6.42 Å². The second kappa shape index (κ2) is 8.34. The van der Waals surface area contributed by atoms with Crippen molar-refractivity contribution in [2.75, 3.05) is 26.9 Å². The molecule has 0 aliphatic heterocycles. The maximum atomic E-state index is 11.4. The Labute approximate surface area is 112 Å². The number of aromatic hydroxyl groups is 1. The molecule has 3 N–H and O–H groups in total. The number of hydrogen-bond donors (Lipinski definition) is 3. The van der Waals surface area contributed by atoms with Crippen LogP contribution in [0, 0.1) is 0 Å². The van der Waals surface area contributed by atoms with Gasteiger partial charge in [0.05, 0.1) is 12.7 Å². The first kappa shape index (κ1) is 15.3. The third kappa shape index (κ3) is 6.08. The van der Waals surface area contributed by atoms with Crippen LogP contribution in [-0.2, 0) is 9.53 Å². The molecule has 1 unspecified atom stereocenters. The molecule has 1 aromatic carbocycles. The number of nitrogens with one attached hydrogen (secondary N) is 1. The molecule has 0 aliphatic carbocycles. The van der Waals surface area contributed by atoms with Crippen LogP contribution in [0.5, 0.6) is 11.5 Å². The lowest BCUT2D eigenvalue weighted by atomic mass is 10.2. The number of amides is 1. The lowest BCUT2D eigenvalue weighted by Crippen LogP contribution is -2.32. The van der Waals surface area contributed by atoms with Gasteiger partial charge in [-0.1, -0.05) is 12.1 Å². The minimum absolute atomic E-state index is 0.00850. The summed E-state index contributed by atoms with van der Waals surface area (Å²) in [4.78, 5) is 11.4. The molecule has 1 rings (SSSR count). The van der Waals surface area contributed by atoms with Crippen molar-refractivity contribution in [1.82, 2.24) is 5.32 Å². The molecule has 0 radical (unpaired) electrons. The van der Waals surface area contributed by atoms with Gasteiger partial charge in [-0.2, -0.15) is 0 Å². The van der Waals surface area contributed by atoms with Gasteiger partial charge >= 0.3 is 0 Å². The third-order valence-electron chi connectivity index (χ3n) is 2.38. The first-order valence-corrected chi connectivity index (χ1v) is 5.98. The van der Waals surface area contributed by atoms with Crippen molar-refractivity contribution < 1.29 is 24.5 Å². The van der Waals surface area contributed by atoms with E-state index in [1.807, 2.05) is 0 Å². The van der Waals surface area contributed by atoms with Gasteiger partial charge in [0.15, 0.2) is 18.1 Å². The highest BCUT2D eigenvalue weighted by Gasteiger charge is 2.07. The van der Waals surface area contributed by atoms with Crippen LogP contribution < -0.4 is 10.1 Å². The van der Waals surface area contributed by atoms with Crippen LogP contribution >= 0.6 is 0 Å². The van der Waals surface area contributed by atoms with Gasteiger partial charge in [0.2, 0.25) is 0 Å². The number of phenols is 1. The van der Waals surface area contributed by atoms with Gasteiger partial charge in [0.25, 0.3) is 5.91 Å². The number of phenolic OH excluding ortho intramolecular Hbond substituents is 1. The topological polar surface area (TPSA) is 88.0 Å². The zero-order valence-corrected chi connectivity index (χ0v) is 10.8. The number of hydrogen-bond acceptors (Lipinski definition) is 5. The van der Waals surface area contributed by atoms with E-state index in [0.29, 0.717) is 13.0 Å². The molecule has 19 heavy (non-hydrogen) atoms. The van der Waals surface area contributed by atoms with E-state index in [2.05, 4.69) is 5.32 Å². The molecule has 1 atom stereocenters. The van der Waals surface area contributed by atoms with Crippen molar-refractivity contribution in [1.29, 1.82) is 0 Å². The number of carbonyl (C=O) groups is 1. The second-order valence-electron chi connectivity index (χ2n) is 4.00. The van der Waals surface area contributed by atoms with Gasteiger partial charge in [0.1, 0.15) is 0 Å². The Morgan fingerprint density at radius 1 is 1.42 bits per heavy atom. The molecule has 0 bridgehead atoms.